The second-order valence-electron chi connectivity index (χ2n) is 11.6. The number of benzene rings is 3. The van der Waals surface area contributed by atoms with E-state index in [4.69, 9.17) is 23.2 Å². The van der Waals surface area contributed by atoms with Crippen molar-refractivity contribution in [3.8, 4) is 0 Å². The zero-order chi connectivity index (χ0) is 31.7. The third-order valence-electron chi connectivity index (χ3n) is 8.02. The van der Waals surface area contributed by atoms with Crippen molar-refractivity contribution in [2.24, 2.45) is 0 Å². The molecule has 0 spiro atoms. The lowest BCUT2D eigenvalue weighted by Crippen LogP contribution is -2.53. The van der Waals surface area contributed by atoms with Crippen LogP contribution in [-0.4, -0.2) is 50.0 Å². The van der Waals surface area contributed by atoms with Gasteiger partial charge in [0.05, 0.1) is 11.9 Å². The van der Waals surface area contributed by atoms with Gasteiger partial charge in [-0.25, -0.2) is 8.42 Å². The van der Waals surface area contributed by atoms with Crippen LogP contribution in [0.2, 0.25) is 10.0 Å². The molecule has 3 aromatic carbocycles. The smallest absolute Gasteiger partial charge is 0.243 e. The number of nitrogens with one attached hydrogen (secondary N) is 1. The van der Waals surface area contributed by atoms with Crippen molar-refractivity contribution < 1.29 is 18.0 Å². The fourth-order valence-electron chi connectivity index (χ4n) is 5.72. The molecule has 1 fully saturated rings. The molecule has 7 nitrogen and oxygen atoms in total. The molecule has 1 unspecified atom stereocenters. The van der Waals surface area contributed by atoms with E-state index >= 15 is 0 Å². The molecule has 1 saturated carbocycles. The SMILES string of the molecule is Cc1cccc(N(CCCC(=O)N(Cc2ccc(Cl)cc2Cl)C(Cc2ccccc2)C(=O)NC2CCCCC2)S(C)(=O)=O)c1. The van der Waals surface area contributed by atoms with Crippen molar-refractivity contribution >= 4 is 50.7 Å². The maximum Gasteiger partial charge on any atom is 0.243 e. The molecule has 4 rings (SSSR count). The number of nitrogens with zero attached hydrogens (tertiary/aromatic N) is 2. The number of carbonyl (C=O) groups excluding carboxylic acids is 2. The van der Waals surface area contributed by atoms with Crippen LogP contribution in [0.1, 0.15) is 61.6 Å². The first kappa shape index (κ1) is 33.8. The molecule has 0 aliphatic heterocycles. The van der Waals surface area contributed by atoms with Gasteiger partial charge in [-0.3, -0.25) is 13.9 Å². The Bertz CT molecular complexity index is 1530. The van der Waals surface area contributed by atoms with E-state index in [-0.39, 0.29) is 43.8 Å². The summed E-state index contributed by atoms with van der Waals surface area (Å²) in [6.45, 7) is 2.14. The normalized spacial score (nSPS) is 14.5. The highest BCUT2D eigenvalue weighted by Gasteiger charge is 2.32. The van der Waals surface area contributed by atoms with Gasteiger partial charge in [-0.1, -0.05) is 91.0 Å². The van der Waals surface area contributed by atoms with Crippen molar-refractivity contribution in [3.05, 3.63) is 99.5 Å². The summed E-state index contributed by atoms with van der Waals surface area (Å²) >= 11 is 12.7. The predicted octanol–water partition coefficient (Wildman–Crippen LogP) is 6.94. The summed E-state index contributed by atoms with van der Waals surface area (Å²) in [7, 11) is -3.58. The molecule has 3 aromatic rings. The van der Waals surface area contributed by atoms with E-state index < -0.39 is 16.1 Å². The highest BCUT2D eigenvalue weighted by atomic mass is 35.5. The summed E-state index contributed by atoms with van der Waals surface area (Å²) in [5.74, 6) is -0.454. The highest BCUT2D eigenvalue weighted by molar-refractivity contribution is 7.92. The van der Waals surface area contributed by atoms with Crippen molar-refractivity contribution in [3.63, 3.8) is 0 Å². The zero-order valence-electron chi connectivity index (χ0n) is 25.3. The molecule has 236 valence electrons. The Kier molecular flexibility index (Phi) is 12.1. The summed E-state index contributed by atoms with van der Waals surface area (Å²) < 4.78 is 26.7. The lowest BCUT2D eigenvalue weighted by Gasteiger charge is -2.34. The first-order valence-corrected chi connectivity index (χ1v) is 17.7. The van der Waals surface area contributed by atoms with E-state index in [1.165, 1.54) is 4.31 Å². The minimum absolute atomic E-state index is 0.0467. The zero-order valence-corrected chi connectivity index (χ0v) is 27.7. The van der Waals surface area contributed by atoms with E-state index in [0.717, 1.165) is 49.5 Å². The van der Waals surface area contributed by atoms with Crippen LogP contribution in [-0.2, 0) is 32.6 Å². The lowest BCUT2D eigenvalue weighted by atomic mass is 9.94. The third kappa shape index (κ3) is 9.71. The van der Waals surface area contributed by atoms with E-state index in [2.05, 4.69) is 5.32 Å². The molecule has 44 heavy (non-hydrogen) atoms. The quantitative estimate of drug-likeness (QED) is 0.216. The lowest BCUT2D eigenvalue weighted by molar-refractivity contribution is -0.141. The molecule has 0 heterocycles. The van der Waals surface area contributed by atoms with Gasteiger partial charge < -0.3 is 10.2 Å². The molecular formula is C34H41Cl2N3O4S. The fraction of sp³-hybridized carbons (Fsp3) is 0.412. The molecular weight excluding hydrogens is 617 g/mol. The van der Waals surface area contributed by atoms with Gasteiger partial charge in [-0.15, -0.1) is 0 Å². The third-order valence-corrected chi connectivity index (χ3v) is 9.80. The molecule has 0 radical (unpaired) electrons. The number of amides is 2. The van der Waals surface area contributed by atoms with Crippen LogP contribution < -0.4 is 9.62 Å². The summed E-state index contributed by atoms with van der Waals surface area (Å²) in [5, 5.41) is 4.11. The fourth-order valence-corrected chi connectivity index (χ4v) is 7.14. The molecule has 1 aliphatic carbocycles. The molecule has 1 atom stereocenters. The van der Waals surface area contributed by atoms with Gasteiger partial charge in [0.25, 0.3) is 0 Å². The maximum absolute atomic E-state index is 14.1. The Hall–Kier alpha value is -3.07. The van der Waals surface area contributed by atoms with Crippen LogP contribution in [0.15, 0.2) is 72.8 Å². The number of aryl methyl sites for hydroxylation is 1. The second kappa shape index (κ2) is 15.8. The molecule has 1 aliphatic rings. The monoisotopic (exact) mass is 657 g/mol. The number of carbonyl (C=O) groups is 2. The number of anilines is 1. The van der Waals surface area contributed by atoms with Crippen molar-refractivity contribution in [2.45, 2.75) is 76.9 Å². The van der Waals surface area contributed by atoms with E-state index in [1.807, 2.05) is 55.5 Å². The maximum atomic E-state index is 14.1. The topological polar surface area (TPSA) is 86.8 Å². The highest BCUT2D eigenvalue weighted by Crippen LogP contribution is 2.26. The van der Waals surface area contributed by atoms with Gasteiger partial charge in [-0.2, -0.15) is 0 Å². The summed E-state index contributed by atoms with van der Waals surface area (Å²) in [6.07, 6.45) is 6.93. The van der Waals surface area contributed by atoms with Gasteiger partial charge in [0, 0.05) is 42.0 Å². The molecule has 0 saturated heterocycles. The summed E-state index contributed by atoms with van der Waals surface area (Å²) in [4.78, 5) is 29.7. The van der Waals surface area contributed by atoms with Crippen LogP contribution in [0.4, 0.5) is 5.69 Å². The Morgan fingerprint density at radius 3 is 2.34 bits per heavy atom. The average molecular weight is 659 g/mol. The Morgan fingerprint density at radius 2 is 1.68 bits per heavy atom. The first-order valence-electron chi connectivity index (χ1n) is 15.1. The van der Waals surface area contributed by atoms with Gasteiger partial charge in [0.1, 0.15) is 6.04 Å². The molecule has 0 bridgehead atoms. The van der Waals surface area contributed by atoms with E-state index in [9.17, 15) is 18.0 Å². The second-order valence-corrected chi connectivity index (χ2v) is 14.3. The molecule has 0 aromatic heterocycles. The van der Waals surface area contributed by atoms with E-state index in [1.54, 1.807) is 29.2 Å². The van der Waals surface area contributed by atoms with Gasteiger partial charge in [-0.05, 0) is 67.1 Å². The standard InChI is InChI=1S/C34H41Cl2N3O4S/c1-25-11-9-16-30(21-25)39(44(2,42)43)20-10-17-33(40)38(24-27-18-19-28(35)23-31(27)36)32(22-26-12-5-3-6-13-26)34(41)37-29-14-7-4-8-15-29/h3,5-6,9,11-13,16,18-19,21,23,29,32H,4,7-8,10,14-15,17,20,22,24H2,1-2H3,(H,37,41). The minimum Gasteiger partial charge on any atom is -0.352 e. The van der Waals surface area contributed by atoms with Crippen LogP contribution in [0.25, 0.3) is 0 Å². The molecule has 10 heteroatoms. The predicted molar refractivity (Wildman–Crippen MR) is 179 cm³/mol. The van der Waals surface area contributed by atoms with Crippen LogP contribution >= 0.6 is 23.2 Å². The average Bonchev–Trinajstić information content (AvgIpc) is 2.98. The largest absolute Gasteiger partial charge is 0.352 e. The van der Waals surface area contributed by atoms with Crippen LogP contribution in [0.3, 0.4) is 0 Å². The number of hydrogen-bond donors (Lipinski definition) is 1. The number of rotatable bonds is 13. The summed E-state index contributed by atoms with van der Waals surface area (Å²) in [6, 6.07) is 21.3. The summed E-state index contributed by atoms with van der Waals surface area (Å²) in [5.41, 5.74) is 3.09. The van der Waals surface area contributed by atoms with Gasteiger partial charge >= 0.3 is 0 Å². The minimum atomic E-state index is -3.58. The molecule has 1 N–H and O–H groups in total. The Balaban J connectivity index is 1.61. The van der Waals surface area contributed by atoms with Crippen molar-refractivity contribution in [1.82, 2.24) is 10.2 Å². The van der Waals surface area contributed by atoms with Crippen molar-refractivity contribution in [2.75, 3.05) is 17.1 Å². The Labute approximate surface area is 271 Å². The number of halogens is 2. The first-order chi connectivity index (χ1) is 21.0. The van der Waals surface area contributed by atoms with Gasteiger partial charge in [0.2, 0.25) is 21.8 Å². The van der Waals surface area contributed by atoms with Crippen molar-refractivity contribution in [1.29, 1.82) is 0 Å². The van der Waals surface area contributed by atoms with Gasteiger partial charge in [0.15, 0.2) is 0 Å². The number of hydrogen-bond acceptors (Lipinski definition) is 4. The van der Waals surface area contributed by atoms with Crippen LogP contribution in [0.5, 0.6) is 0 Å². The van der Waals surface area contributed by atoms with Crippen LogP contribution in [0, 0.1) is 6.92 Å². The molecule has 2 amide bonds. The number of sulfonamides is 1. The Morgan fingerprint density at radius 1 is 0.955 bits per heavy atom. The van der Waals surface area contributed by atoms with E-state index in [0.29, 0.717) is 27.7 Å².